The number of rotatable bonds is 6. The van der Waals surface area contributed by atoms with Crippen LogP contribution in [0.1, 0.15) is 18.9 Å². The summed E-state index contributed by atoms with van der Waals surface area (Å²) in [7, 11) is 3.42. The molecule has 6 heteroatoms. The lowest BCUT2D eigenvalue weighted by Crippen LogP contribution is -2.39. The van der Waals surface area contributed by atoms with Gasteiger partial charge in [0.15, 0.2) is 0 Å². The minimum atomic E-state index is -0.122. The maximum Gasteiger partial charge on any atom is 0.238 e. The second-order valence-corrected chi connectivity index (χ2v) is 5.56. The summed E-state index contributed by atoms with van der Waals surface area (Å²) in [5.41, 5.74) is 1.63. The standard InChI is InChI=1S/C15H22ClN3O2/c1-10-7-12(5-6-13(10)16)18-15(21)9-19(4)11(2)8-14(20)17-3/h5-7,11H,8-9H2,1-4H3,(H,17,20)(H,18,21). The van der Waals surface area contributed by atoms with E-state index in [1.807, 2.05) is 31.9 Å². The number of hydrogen-bond acceptors (Lipinski definition) is 3. The fourth-order valence-corrected chi connectivity index (χ4v) is 1.95. The van der Waals surface area contributed by atoms with Crippen LogP contribution in [-0.4, -0.2) is 43.4 Å². The van der Waals surface area contributed by atoms with Gasteiger partial charge < -0.3 is 10.6 Å². The summed E-state index contributed by atoms with van der Waals surface area (Å²) in [5.74, 6) is -0.161. The Hall–Kier alpha value is -1.59. The van der Waals surface area contributed by atoms with Crippen molar-refractivity contribution in [2.45, 2.75) is 26.3 Å². The van der Waals surface area contributed by atoms with Gasteiger partial charge in [-0.2, -0.15) is 0 Å². The number of halogens is 1. The maximum atomic E-state index is 12.0. The van der Waals surface area contributed by atoms with Crippen molar-refractivity contribution in [1.29, 1.82) is 0 Å². The van der Waals surface area contributed by atoms with Crippen molar-refractivity contribution in [3.63, 3.8) is 0 Å². The van der Waals surface area contributed by atoms with Gasteiger partial charge in [-0.3, -0.25) is 14.5 Å². The zero-order valence-corrected chi connectivity index (χ0v) is 13.6. The molecule has 0 aliphatic rings. The van der Waals surface area contributed by atoms with E-state index in [9.17, 15) is 9.59 Å². The number of hydrogen-bond donors (Lipinski definition) is 2. The second-order valence-electron chi connectivity index (χ2n) is 5.15. The first kappa shape index (κ1) is 17.5. The molecule has 0 spiro atoms. The first-order valence-corrected chi connectivity index (χ1v) is 7.18. The number of benzene rings is 1. The zero-order valence-electron chi connectivity index (χ0n) is 12.9. The molecule has 0 bridgehead atoms. The molecule has 0 aliphatic carbocycles. The van der Waals surface area contributed by atoms with Gasteiger partial charge in [0.1, 0.15) is 0 Å². The molecule has 2 N–H and O–H groups in total. The highest BCUT2D eigenvalue weighted by Crippen LogP contribution is 2.19. The number of likely N-dealkylation sites (N-methyl/N-ethyl adjacent to an activating group) is 1. The fourth-order valence-electron chi connectivity index (χ4n) is 1.83. The van der Waals surface area contributed by atoms with E-state index in [2.05, 4.69) is 10.6 Å². The molecule has 1 aromatic rings. The largest absolute Gasteiger partial charge is 0.359 e. The summed E-state index contributed by atoms with van der Waals surface area (Å²) >= 11 is 5.95. The Morgan fingerprint density at radius 1 is 1.33 bits per heavy atom. The Morgan fingerprint density at radius 3 is 2.57 bits per heavy atom. The highest BCUT2D eigenvalue weighted by Gasteiger charge is 2.16. The molecular formula is C15H22ClN3O2. The lowest BCUT2D eigenvalue weighted by molar-refractivity contribution is -0.123. The molecule has 5 nitrogen and oxygen atoms in total. The molecule has 0 aliphatic heterocycles. The number of carbonyl (C=O) groups excluding carboxylic acids is 2. The van der Waals surface area contributed by atoms with E-state index >= 15 is 0 Å². The van der Waals surface area contributed by atoms with Gasteiger partial charge in [0.05, 0.1) is 6.54 Å². The molecule has 0 saturated carbocycles. The summed E-state index contributed by atoms with van der Waals surface area (Å²) in [4.78, 5) is 25.2. The van der Waals surface area contributed by atoms with E-state index in [4.69, 9.17) is 11.6 Å². The first-order valence-electron chi connectivity index (χ1n) is 6.80. The summed E-state index contributed by atoms with van der Waals surface area (Å²) < 4.78 is 0. The van der Waals surface area contributed by atoms with Gasteiger partial charge in [0, 0.05) is 30.2 Å². The number of aryl methyl sites for hydroxylation is 1. The Morgan fingerprint density at radius 2 is 2.00 bits per heavy atom. The van der Waals surface area contributed by atoms with Gasteiger partial charge in [-0.25, -0.2) is 0 Å². The Kier molecular flexibility index (Phi) is 6.65. The minimum absolute atomic E-state index is 0.0114. The molecule has 0 aromatic heterocycles. The molecule has 1 rings (SSSR count). The van der Waals surface area contributed by atoms with Gasteiger partial charge in [0.2, 0.25) is 11.8 Å². The van der Waals surface area contributed by atoms with Crippen LogP contribution in [0.2, 0.25) is 5.02 Å². The van der Waals surface area contributed by atoms with Crippen molar-refractivity contribution in [2.24, 2.45) is 0 Å². The third-order valence-electron chi connectivity index (χ3n) is 3.35. The van der Waals surface area contributed by atoms with E-state index < -0.39 is 0 Å². The van der Waals surface area contributed by atoms with Crippen molar-refractivity contribution in [3.05, 3.63) is 28.8 Å². The smallest absolute Gasteiger partial charge is 0.238 e. The average Bonchev–Trinajstić information content (AvgIpc) is 2.42. The highest BCUT2D eigenvalue weighted by atomic mass is 35.5. The average molecular weight is 312 g/mol. The third-order valence-corrected chi connectivity index (χ3v) is 3.77. The quantitative estimate of drug-likeness (QED) is 0.845. The van der Waals surface area contributed by atoms with E-state index in [1.54, 1.807) is 19.2 Å². The molecule has 2 amide bonds. The predicted molar refractivity (Wildman–Crippen MR) is 85.6 cm³/mol. The van der Waals surface area contributed by atoms with E-state index in [1.165, 1.54) is 0 Å². The summed E-state index contributed by atoms with van der Waals surface area (Å²) in [6.45, 7) is 4.02. The number of nitrogens with zero attached hydrogens (tertiary/aromatic N) is 1. The van der Waals surface area contributed by atoms with Gasteiger partial charge in [-0.05, 0) is 44.7 Å². The SMILES string of the molecule is CNC(=O)CC(C)N(C)CC(=O)Nc1ccc(Cl)c(C)c1. The third kappa shape index (κ3) is 5.73. The number of anilines is 1. The van der Waals surface area contributed by atoms with Gasteiger partial charge >= 0.3 is 0 Å². The maximum absolute atomic E-state index is 12.0. The van der Waals surface area contributed by atoms with E-state index in [0.717, 1.165) is 5.56 Å². The van der Waals surface area contributed by atoms with Crippen LogP contribution >= 0.6 is 11.6 Å². The van der Waals surface area contributed by atoms with Crippen molar-refractivity contribution in [3.8, 4) is 0 Å². The topological polar surface area (TPSA) is 61.4 Å². The number of nitrogens with one attached hydrogen (secondary N) is 2. The summed E-state index contributed by atoms with van der Waals surface area (Å²) in [6, 6.07) is 5.34. The Bertz CT molecular complexity index is 520. The minimum Gasteiger partial charge on any atom is -0.359 e. The fraction of sp³-hybridized carbons (Fsp3) is 0.467. The van der Waals surface area contributed by atoms with Crippen LogP contribution in [-0.2, 0) is 9.59 Å². The molecule has 1 unspecified atom stereocenters. The van der Waals surface area contributed by atoms with Gasteiger partial charge in [0.25, 0.3) is 0 Å². The molecule has 0 saturated heterocycles. The molecule has 1 atom stereocenters. The first-order chi connectivity index (χ1) is 9.83. The predicted octanol–water partition coefficient (Wildman–Crippen LogP) is 2.04. The van der Waals surface area contributed by atoms with Crippen LogP contribution in [0.3, 0.4) is 0 Å². The van der Waals surface area contributed by atoms with Crippen LogP contribution in [0.4, 0.5) is 5.69 Å². The van der Waals surface area contributed by atoms with E-state index in [-0.39, 0.29) is 24.4 Å². The zero-order chi connectivity index (χ0) is 16.0. The monoisotopic (exact) mass is 311 g/mol. The number of carbonyl (C=O) groups is 2. The van der Waals surface area contributed by atoms with Crippen LogP contribution in [0.25, 0.3) is 0 Å². The van der Waals surface area contributed by atoms with Crippen LogP contribution < -0.4 is 10.6 Å². The normalized spacial score (nSPS) is 12.1. The molecule has 0 radical (unpaired) electrons. The summed E-state index contributed by atoms with van der Waals surface area (Å²) in [6.07, 6.45) is 0.361. The van der Waals surface area contributed by atoms with Crippen LogP contribution in [0.15, 0.2) is 18.2 Å². The lowest BCUT2D eigenvalue weighted by Gasteiger charge is -2.23. The van der Waals surface area contributed by atoms with Gasteiger partial charge in [-0.1, -0.05) is 11.6 Å². The summed E-state index contributed by atoms with van der Waals surface area (Å²) in [5, 5.41) is 6.07. The van der Waals surface area contributed by atoms with E-state index in [0.29, 0.717) is 17.1 Å². The Labute approximate surface area is 130 Å². The van der Waals surface area contributed by atoms with Crippen LogP contribution in [0.5, 0.6) is 0 Å². The second kappa shape index (κ2) is 8.00. The van der Waals surface area contributed by atoms with Crippen molar-refractivity contribution in [2.75, 3.05) is 26.0 Å². The van der Waals surface area contributed by atoms with Crippen molar-refractivity contribution in [1.82, 2.24) is 10.2 Å². The van der Waals surface area contributed by atoms with Crippen LogP contribution in [0, 0.1) is 6.92 Å². The molecule has 1 aromatic carbocycles. The molecule has 21 heavy (non-hydrogen) atoms. The molecule has 116 valence electrons. The molecule has 0 heterocycles. The Balaban J connectivity index is 2.52. The molecule has 0 fully saturated rings. The molecular weight excluding hydrogens is 290 g/mol. The highest BCUT2D eigenvalue weighted by molar-refractivity contribution is 6.31. The van der Waals surface area contributed by atoms with Gasteiger partial charge in [-0.15, -0.1) is 0 Å². The number of amides is 2. The van der Waals surface area contributed by atoms with Crippen molar-refractivity contribution < 1.29 is 9.59 Å². The van der Waals surface area contributed by atoms with Crippen molar-refractivity contribution >= 4 is 29.1 Å². The lowest BCUT2D eigenvalue weighted by atomic mass is 10.2.